The number of hydrogen-bond acceptors (Lipinski definition) is 3. The molecule has 0 unspecified atom stereocenters. The van der Waals surface area contributed by atoms with Gasteiger partial charge in [0.2, 0.25) is 0 Å². The van der Waals surface area contributed by atoms with Gasteiger partial charge < -0.3 is 10.6 Å². The quantitative estimate of drug-likeness (QED) is 0.833. The van der Waals surface area contributed by atoms with E-state index in [0.29, 0.717) is 0 Å². The van der Waals surface area contributed by atoms with E-state index < -0.39 is 0 Å². The molecule has 0 aliphatic carbocycles. The molecule has 102 valence electrons. The normalized spacial score (nSPS) is 13.8. The predicted octanol–water partition coefficient (Wildman–Crippen LogP) is 1.73. The second kappa shape index (κ2) is 5.30. The van der Waals surface area contributed by atoms with Crippen LogP contribution in [0.15, 0.2) is 53.9 Å². The third-order valence-corrected chi connectivity index (χ3v) is 3.44. The molecule has 0 radical (unpaired) electrons. The molecule has 1 aliphatic rings. The number of rotatable bonds is 3. The Morgan fingerprint density at radius 3 is 2.60 bits per heavy atom. The first-order chi connectivity index (χ1) is 9.74. The summed E-state index contributed by atoms with van der Waals surface area (Å²) in [5.41, 5.74) is 3.74. The number of aromatic nitrogens is 2. The van der Waals surface area contributed by atoms with Crippen molar-refractivity contribution < 1.29 is 4.79 Å². The highest BCUT2D eigenvalue weighted by Gasteiger charge is 2.15. The van der Waals surface area contributed by atoms with E-state index in [4.69, 9.17) is 0 Å². The van der Waals surface area contributed by atoms with Gasteiger partial charge >= 0.3 is 0 Å². The van der Waals surface area contributed by atoms with Crippen LogP contribution in [0.1, 0.15) is 6.92 Å². The van der Waals surface area contributed by atoms with Gasteiger partial charge in [-0.2, -0.15) is 5.10 Å². The van der Waals surface area contributed by atoms with Gasteiger partial charge in [0.05, 0.1) is 5.69 Å². The Bertz CT molecular complexity index is 635. The lowest BCUT2D eigenvalue weighted by atomic mass is 10.0. The highest BCUT2D eigenvalue weighted by atomic mass is 16.1. The minimum absolute atomic E-state index is 0.0339. The van der Waals surface area contributed by atoms with E-state index in [2.05, 4.69) is 15.7 Å². The van der Waals surface area contributed by atoms with Gasteiger partial charge in [-0.15, -0.1) is 0 Å². The summed E-state index contributed by atoms with van der Waals surface area (Å²) in [4.78, 5) is 12.0. The zero-order valence-electron chi connectivity index (χ0n) is 11.3. The maximum Gasteiger partial charge on any atom is 0.251 e. The van der Waals surface area contributed by atoms with E-state index in [9.17, 15) is 4.79 Å². The fourth-order valence-corrected chi connectivity index (χ4v) is 2.02. The molecule has 0 atom stereocenters. The largest absolute Gasteiger partial charge is 0.322 e. The van der Waals surface area contributed by atoms with Crippen LogP contribution in [-0.4, -0.2) is 28.8 Å². The molecule has 5 heteroatoms. The van der Waals surface area contributed by atoms with Crippen molar-refractivity contribution >= 4 is 11.6 Å². The van der Waals surface area contributed by atoms with Crippen molar-refractivity contribution in [3.8, 4) is 5.69 Å². The van der Waals surface area contributed by atoms with Crippen LogP contribution >= 0.6 is 0 Å². The number of carbonyl (C=O) groups excluding carboxylic acids is 1. The van der Waals surface area contributed by atoms with E-state index in [1.165, 1.54) is 5.57 Å². The lowest BCUT2D eigenvalue weighted by Gasteiger charge is -2.21. The Balaban J connectivity index is 1.71. The zero-order chi connectivity index (χ0) is 13.9. The molecule has 1 amide bonds. The summed E-state index contributed by atoms with van der Waals surface area (Å²) in [5.74, 6) is -0.0339. The summed E-state index contributed by atoms with van der Waals surface area (Å²) in [6.45, 7) is 3.50. The molecule has 2 heterocycles. The maximum atomic E-state index is 12.0. The van der Waals surface area contributed by atoms with Crippen molar-refractivity contribution in [1.29, 1.82) is 0 Å². The average molecular weight is 268 g/mol. The summed E-state index contributed by atoms with van der Waals surface area (Å²) in [5, 5.41) is 10.2. The first-order valence-electron chi connectivity index (χ1n) is 6.55. The second-order valence-corrected chi connectivity index (χ2v) is 4.78. The smallest absolute Gasteiger partial charge is 0.251 e. The summed E-state index contributed by atoms with van der Waals surface area (Å²) in [6.07, 6.45) is 3.61. The summed E-state index contributed by atoms with van der Waals surface area (Å²) in [7, 11) is 0. The van der Waals surface area contributed by atoms with Crippen molar-refractivity contribution in [1.82, 2.24) is 15.1 Å². The Kier molecular flexibility index (Phi) is 3.35. The maximum absolute atomic E-state index is 12.0. The van der Waals surface area contributed by atoms with Crippen LogP contribution in [0.2, 0.25) is 0 Å². The zero-order valence-corrected chi connectivity index (χ0v) is 11.3. The van der Waals surface area contributed by atoms with E-state index in [1.807, 2.05) is 43.5 Å². The van der Waals surface area contributed by atoms with Crippen LogP contribution in [0.4, 0.5) is 5.69 Å². The minimum atomic E-state index is -0.0339. The van der Waals surface area contributed by atoms with Gasteiger partial charge in [0.15, 0.2) is 0 Å². The second-order valence-electron chi connectivity index (χ2n) is 4.78. The number of carbonyl (C=O) groups is 1. The van der Waals surface area contributed by atoms with Crippen molar-refractivity contribution in [3.63, 3.8) is 0 Å². The average Bonchev–Trinajstić information content (AvgIpc) is 2.91. The van der Waals surface area contributed by atoms with Gasteiger partial charge in [0.1, 0.15) is 0 Å². The Morgan fingerprint density at radius 1 is 1.30 bits per heavy atom. The number of hydrogen-bond donors (Lipinski definition) is 2. The summed E-state index contributed by atoms with van der Waals surface area (Å²) in [6, 6.07) is 9.49. The highest BCUT2D eigenvalue weighted by Crippen LogP contribution is 2.15. The van der Waals surface area contributed by atoms with E-state index in [0.717, 1.165) is 30.0 Å². The number of nitrogens with one attached hydrogen (secondary N) is 2. The van der Waals surface area contributed by atoms with Crippen LogP contribution in [0.3, 0.4) is 0 Å². The van der Waals surface area contributed by atoms with Crippen LogP contribution in [0.25, 0.3) is 5.69 Å². The monoisotopic (exact) mass is 268 g/mol. The van der Waals surface area contributed by atoms with Crippen LogP contribution < -0.4 is 10.6 Å². The van der Waals surface area contributed by atoms with Crippen LogP contribution in [0, 0.1) is 0 Å². The van der Waals surface area contributed by atoms with Crippen molar-refractivity contribution in [3.05, 3.63) is 53.9 Å². The molecule has 0 spiro atoms. The van der Waals surface area contributed by atoms with Crippen molar-refractivity contribution in [2.24, 2.45) is 0 Å². The standard InChI is InChI=1S/C15H16N4O/c1-11(12-9-16-10-12)15(20)18-13-3-5-14(6-4-13)19-8-2-7-17-19/h2-8,16H,9-10H2,1H3,(H,18,20). The number of amides is 1. The predicted molar refractivity (Wildman–Crippen MR) is 77.8 cm³/mol. The molecule has 1 aromatic carbocycles. The SMILES string of the molecule is CC(C(=O)Nc1ccc(-n2cccn2)cc1)=C1CNC1. The number of anilines is 1. The third-order valence-electron chi connectivity index (χ3n) is 3.44. The van der Waals surface area contributed by atoms with Gasteiger partial charge in [0.25, 0.3) is 5.91 Å². The van der Waals surface area contributed by atoms with Gasteiger partial charge in [0, 0.05) is 36.7 Å². The van der Waals surface area contributed by atoms with E-state index >= 15 is 0 Å². The minimum Gasteiger partial charge on any atom is -0.322 e. The molecule has 2 N–H and O–H groups in total. The van der Waals surface area contributed by atoms with E-state index in [1.54, 1.807) is 10.9 Å². The third kappa shape index (κ3) is 2.48. The molecule has 1 aromatic heterocycles. The molecule has 20 heavy (non-hydrogen) atoms. The highest BCUT2D eigenvalue weighted by molar-refractivity contribution is 6.04. The molecular weight excluding hydrogens is 252 g/mol. The Morgan fingerprint density at radius 2 is 2.05 bits per heavy atom. The van der Waals surface area contributed by atoms with Gasteiger partial charge in [-0.25, -0.2) is 4.68 Å². The lowest BCUT2D eigenvalue weighted by molar-refractivity contribution is -0.112. The Hall–Kier alpha value is -2.40. The summed E-state index contributed by atoms with van der Waals surface area (Å²) >= 11 is 0. The van der Waals surface area contributed by atoms with E-state index in [-0.39, 0.29) is 5.91 Å². The van der Waals surface area contributed by atoms with Crippen molar-refractivity contribution in [2.45, 2.75) is 6.92 Å². The molecule has 1 fully saturated rings. The number of benzene rings is 1. The molecule has 1 saturated heterocycles. The topological polar surface area (TPSA) is 59.0 Å². The fourth-order valence-electron chi connectivity index (χ4n) is 2.02. The first-order valence-corrected chi connectivity index (χ1v) is 6.55. The van der Waals surface area contributed by atoms with Crippen LogP contribution in [0.5, 0.6) is 0 Å². The molecule has 2 aromatic rings. The van der Waals surface area contributed by atoms with Crippen molar-refractivity contribution in [2.75, 3.05) is 18.4 Å². The molecule has 0 saturated carbocycles. The lowest BCUT2D eigenvalue weighted by Crippen LogP contribution is -2.36. The molecule has 5 nitrogen and oxygen atoms in total. The molecule has 3 rings (SSSR count). The van der Waals surface area contributed by atoms with Crippen LogP contribution in [-0.2, 0) is 4.79 Å². The molecular formula is C15H16N4O. The van der Waals surface area contributed by atoms with Gasteiger partial charge in [-0.1, -0.05) is 0 Å². The summed E-state index contributed by atoms with van der Waals surface area (Å²) < 4.78 is 1.78. The molecule has 0 bridgehead atoms. The first kappa shape index (κ1) is 12.6. The number of nitrogens with zero attached hydrogens (tertiary/aromatic N) is 2. The Labute approximate surface area is 117 Å². The molecule has 1 aliphatic heterocycles. The van der Waals surface area contributed by atoms with Gasteiger partial charge in [-0.3, -0.25) is 4.79 Å². The van der Waals surface area contributed by atoms with Gasteiger partial charge in [-0.05, 0) is 42.8 Å². The fraction of sp³-hybridized carbons (Fsp3) is 0.200.